The molecule has 2 aromatic carbocycles. The van der Waals surface area contributed by atoms with Crippen molar-refractivity contribution >= 4 is 46.5 Å². The average Bonchev–Trinajstić information content (AvgIpc) is 2.71. The fraction of sp³-hybridized carbons (Fsp3) is 0.200. The van der Waals surface area contributed by atoms with Crippen LogP contribution >= 0.6 is 34.8 Å². The van der Waals surface area contributed by atoms with Gasteiger partial charge in [0.25, 0.3) is 0 Å². The molecule has 172 valence electrons. The minimum atomic E-state index is -4.68. The Morgan fingerprint density at radius 2 is 1.78 bits per heavy atom. The van der Waals surface area contributed by atoms with E-state index in [9.17, 15) is 23.1 Å². The van der Waals surface area contributed by atoms with Crippen LogP contribution in [0.5, 0.6) is 11.5 Å². The van der Waals surface area contributed by atoms with Gasteiger partial charge in [-0.15, -0.1) is 0 Å². The van der Waals surface area contributed by atoms with Gasteiger partial charge in [0.2, 0.25) is 0 Å². The molecule has 6 nitrogen and oxygen atoms in total. The summed E-state index contributed by atoms with van der Waals surface area (Å²) in [5.41, 5.74) is 0.467. The van der Waals surface area contributed by atoms with Crippen LogP contribution in [-0.4, -0.2) is 36.7 Å². The minimum Gasteiger partial charge on any atom is -0.489 e. The minimum absolute atomic E-state index is 0.00973. The van der Waals surface area contributed by atoms with Crippen LogP contribution < -0.4 is 9.47 Å². The predicted octanol–water partition coefficient (Wildman–Crippen LogP) is 6.07. The van der Waals surface area contributed by atoms with Gasteiger partial charge in [-0.1, -0.05) is 64.2 Å². The Hall–Kier alpha value is -2.62. The summed E-state index contributed by atoms with van der Waals surface area (Å²) < 4.78 is 48.0. The largest absolute Gasteiger partial charge is 0.489 e. The molecule has 1 N–H and O–H groups in total. The van der Waals surface area contributed by atoms with Crippen LogP contribution in [0.1, 0.15) is 11.1 Å². The molecule has 0 saturated heterocycles. The van der Waals surface area contributed by atoms with E-state index in [-0.39, 0.29) is 39.4 Å². The molecular formula is C20H15Cl3F3NO5. The van der Waals surface area contributed by atoms with E-state index in [1.165, 1.54) is 19.2 Å². The quantitative estimate of drug-likeness (QED) is 0.326. The van der Waals surface area contributed by atoms with Crippen LogP contribution in [0.25, 0.3) is 0 Å². The predicted molar refractivity (Wildman–Crippen MR) is 114 cm³/mol. The van der Waals surface area contributed by atoms with E-state index >= 15 is 0 Å². The third-order valence-electron chi connectivity index (χ3n) is 3.78. The van der Waals surface area contributed by atoms with E-state index in [1.807, 2.05) is 0 Å². The number of hydrogen-bond acceptors (Lipinski definition) is 5. The van der Waals surface area contributed by atoms with Gasteiger partial charge in [0.05, 0.1) is 10.0 Å². The molecule has 0 spiro atoms. The Bertz CT molecular complexity index is 1020. The van der Waals surface area contributed by atoms with Gasteiger partial charge in [0, 0.05) is 17.7 Å². The summed E-state index contributed by atoms with van der Waals surface area (Å²) in [6.07, 6.45) is -4.04. The van der Waals surface area contributed by atoms with E-state index in [0.29, 0.717) is 11.6 Å². The van der Waals surface area contributed by atoms with Gasteiger partial charge in [-0.05, 0) is 11.6 Å². The van der Waals surface area contributed by atoms with Crippen LogP contribution in [-0.2, 0) is 16.2 Å². The summed E-state index contributed by atoms with van der Waals surface area (Å²) in [5.74, 6) is -1.12. The van der Waals surface area contributed by atoms with Crippen molar-refractivity contribution in [2.75, 3.05) is 13.7 Å². The average molecular weight is 513 g/mol. The highest BCUT2D eigenvalue weighted by Gasteiger charge is 2.32. The number of carbonyl (C=O) groups is 1. The molecule has 32 heavy (non-hydrogen) atoms. The molecule has 0 fully saturated rings. The number of hydrogen-bond donors (Lipinski definition) is 1. The first-order valence-electron chi connectivity index (χ1n) is 8.64. The van der Waals surface area contributed by atoms with Crippen LogP contribution in [0.4, 0.5) is 13.2 Å². The number of oxime groups is 1. The van der Waals surface area contributed by atoms with Crippen molar-refractivity contribution in [2.45, 2.75) is 12.8 Å². The first-order chi connectivity index (χ1) is 15.0. The molecule has 2 rings (SSSR count). The lowest BCUT2D eigenvalue weighted by molar-refractivity contribution is -0.129. The second kappa shape index (κ2) is 11.3. The Balaban J connectivity index is 2.16. The van der Waals surface area contributed by atoms with Gasteiger partial charge in [-0.3, -0.25) is 0 Å². The first kappa shape index (κ1) is 25.6. The van der Waals surface area contributed by atoms with Crippen molar-refractivity contribution in [2.24, 2.45) is 5.16 Å². The molecular weight excluding hydrogens is 498 g/mol. The fourth-order valence-electron chi connectivity index (χ4n) is 2.40. The molecule has 0 aromatic heterocycles. The number of ether oxygens (including phenoxy) is 2. The number of allylic oxidation sites excluding steroid dienone is 1. The summed E-state index contributed by atoms with van der Waals surface area (Å²) in [6, 6.07) is 9.20. The molecule has 0 aliphatic carbocycles. The number of nitrogens with zero attached hydrogens (tertiary/aromatic N) is 1. The highest BCUT2D eigenvalue weighted by atomic mass is 35.5. The SMILES string of the molecule is CO/N=C(/C(=O)O)c1ccccc1COc1cc(Cl)c(OC/C=C(\Cl)C(F)(F)F)c(Cl)c1. The summed E-state index contributed by atoms with van der Waals surface area (Å²) in [4.78, 5) is 16.0. The van der Waals surface area contributed by atoms with Crippen LogP contribution in [0, 0.1) is 0 Å². The Kier molecular flexibility index (Phi) is 9.06. The van der Waals surface area contributed by atoms with Crippen LogP contribution in [0.3, 0.4) is 0 Å². The number of carboxylic acids is 1. The molecule has 0 unspecified atom stereocenters. The lowest BCUT2D eigenvalue weighted by atomic mass is 10.0. The number of alkyl halides is 3. The molecule has 0 saturated carbocycles. The number of halogens is 6. The maximum atomic E-state index is 12.4. The molecule has 0 aliphatic heterocycles. The van der Waals surface area contributed by atoms with Gasteiger partial charge >= 0.3 is 12.1 Å². The molecule has 0 atom stereocenters. The summed E-state index contributed by atoms with van der Waals surface area (Å²) in [7, 11) is 1.22. The molecule has 0 bridgehead atoms. The topological polar surface area (TPSA) is 77.4 Å². The van der Waals surface area contributed by atoms with Crippen molar-refractivity contribution < 1.29 is 37.4 Å². The summed E-state index contributed by atoms with van der Waals surface area (Å²) in [6.45, 7) is -0.578. The molecule has 12 heteroatoms. The Labute approximate surface area is 195 Å². The third-order valence-corrected chi connectivity index (χ3v) is 4.71. The van der Waals surface area contributed by atoms with Crippen LogP contribution in [0.15, 0.2) is 52.7 Å². The van der Waals surface area contributed by atoms with Gasteiger partial charge in [-0.25, -0.2) is 4.79 Å². The zero-order chi connectivity index (χ0) is 23.9. The molecule has 0 radical (unpaired) electrons. The van der Waals surface area contributed by atoms with Crippen molar-refractivity contribution in [1.29, 1.82) is 0 Å². The van der Waals surface area contributed by atoms with Crippen molar-refractivity contribution in [1.82, 2.24) is 0 Å². The van der Waals surface area contributed by atoms with Crippen molar-refractivity contribution in [3.05, 3.63) is 68.7 Å². The summed E-state index contributed by atoms with van der Waals surface area (Å²) >= 11 is 17.3. The third kappa shape index (κ3) is 6.94. The highest BCUT2D eigenvalue weighted by molar-refractivity contribution is 6.42. The highest BCUT2D eigenvalue weighted by Crippen LogP contribution is 2.37. The van der Waals surface area contributed by atoms with Gasteiger partial charge in [0.15, 0.2) is 11.5 Å². The lowest BCUT2D eigenvalue weighted by Crippen LogP contribution is -2.17. The smallest absolute Gasteiger partial charge is 0.426 e. The van der Waals surface area contributed by atoms with E-state index in [2.05, 4.69) is 9.99 Å². The fourth-order valence-corrected chi connectivity index (χ4v) is 3.04. The Morgan fingerprint density at radius 3 is 2.34 bits per heavy atom. The maximum Gasteiger partial charge on any atom is 0.426 e. The summed E-state index contributed by atoms with van der Waals surface area (Å²) in [5, 5.41) is 11.5. The van der Waals surface area contributed by atoms with Crippen molar-refractivity contribution in [3.8, 4) is 11.5 Å². The second-order valence-electron chi connectivity index (χ2n) is 5.95. The van der Waals surface area contributed by atoms with E-state index in [0.717, 1.165) is 0 Å². The monoisotopic (exact) mass is 511 g/mol. The second-order valence-corrected chi connectivity index (χ2v) is 7.17. The van der Waals surface area contributed by atoms with Gasteiger partial charge in [-0.2, -0.15) is 13.2 Å². The zero-order valence-corrected chi connectivity index (χ0v) is 18.5. The normalized spacial score (nSPS) is 12.5. The molecule has 2 aromatic rings. The molecule has 0 aliphatic rings. The van der Waals surface area contributed by atoms with Gasteiger partial charge in [0.1, 0.15) is 31.1 Å². The maximum absolute atomic E-state index is 12.4. The standard InChI is InChI=1S/C20H15Cl3F3NO5/c1-30-27-17(19(28)29)13-5-3-2-4-11(13)10-32-12-8-14(21)18(15(22)9-12)31-7-6-16(23)20(24,25)26/h2-6,8-9H,7,10H2,1H3,(H,28,29)/b16-6-,27-17+. The van der Waals surface area contributed by atoms with E-state index in [1.54, 1.807) is 24.3 Å². The van der Waals surface area contributed by atoms with E-state index in [4.69, 9.17) is 44.3 Å². The van der Waals surface area contributed by atoms with E-state index < -0.39 is 23.8 Å². The number of aliphatic carboxylic acids is 1. The molecule has 0 amide bonds. The van der Waals surface area contributed by atoms with Crippen LogP contribution in [0.2, 0.25) is 10.0 Å². The zero-order valence-electron chi connectivity index (χ0n) is 16.3. The van der Waals surface area contributed by atoms with Crippen molar-refractivity contribution in [3.63, 3.8) is 0 Å². The lowest BCUT2D eigenvalue weighted by Gasteiger charge is -2.14. The first-order valence-corrected chi connectivity index (χ1v) is 9.78. The number of benzene rings is 2. The molecule has 0 heterocycles. The Morgan fingerprint density at radius 1 is 1.16 bits per heavy atom. The number of carboxylic acid groups (broad SMARTS) is 1. The van der Waals surface area contributed by atoms with Gasteiger partial charge < -0.3 is 19.4 Å². The number of rotatable bonds is 9.